The van der Waals surface area contributed by atoms with Crippen LogP contribution in [0, 0.1) is 6.92 Å². The van der Waals surface area contributed by atoms with Crippen molar-refractivity contribution in [2.45, 2.75) is 38.6 Å². The zero-order valence-electron chi connectivity index (χ0n) is 11.9. The van der Waals surface area contributed by atoms with Gasteiger partial charge >= 0.3 is 0 Å². The second-order valence-corrected chi connectivity index (χ2v) is 5.24. The Kier molecular flexibility index (Phi) is 4.91. The lowest BCUT2D eigenvalue weighted by Gasteiger charge is -2.35. The number of nitrogens with one attached hydrogen (secondary N) is 1. The van der Waals surface area contributed by atoms with E-state index in [0.29, 0.717) is 12.5 Å². The number of nitrogens with zero attached hydrogens (tertiary/aromatic N) is 2. The van der Waals surface area contributed by atoms with Gasteiger partial charge < -0.3 is 10.2 Å². The number of likely N-dealkylation sites (N-methyl/N-ethyl adjacent to an activating group) is 1. The minimum absolute atomic E-state index is 0.210. The molecule has 0 spiro atoms. The summed E-state index contributed by atoms with van der Waals surface area (Å²) in [5.41, 5.74) is 2.00. The minimum Gasteiger partial charge on any atom is -0.338 e. The van der Waals surface area contributed by atoms with E-state index in [2.05, 4.69) is 10.3 Å². The van der Waals surface area contributed by atoms with E-state index in [0.717, 1.165) is 37.2 Å². The maximum atomic E-state index is 12.5. The maximum Gasteiger partial charge on any atom is 0.228 e. The van der Waals surface area contributed by atoms with Crippen LogP contribution < -0.4 is 5.32 Å². The first-order valence-corrected chi connectivity index (χ1v) is 7.07. The Morgan fingerprint density at radius 1 is 1.53 bits per heavy atom. The number of amides is 1. The number of aryl methyl sites for hydroxylation is 1. The Hall–Kier alpha value is -1.42. The molecule has 19 heavy (non-hydrogen) atoms. The molecular formula is C15H23N3O. The fraction of sp³-hybridized carbons (Fsp3) is 0.600. The number of hydrogen-bond donors (Lipinski definition) is 1. The normalized spacial score (nSPS) is 19.5. The van der Waals surface area contributed by atoms with Gasteiger partial charge in [0, 0.05) is 25.3 Å². The molecule has 1 unspecified atom stereocenters. The SMILES string of the molecule is CNCC1CCCCN1C(=O)Cc1ncccc1C. The summed E-state index contributed by atoms with van der Waals surface area (Å²) < 4.78 is 0. The summed E-state index contributed by atoms with van der Waals surface area (Å²) in [7, 11) is 1.94. The number of pyridine rings is 1. The quantitative estimate of drug-likeness (QED) is 0.894. The van der Waals surface area contributed by atoms with E-state index in [1.807, 2.05) is 31.0 Å². The van der Waals surface area contributed by atoms with Gasteiger partial charge in [-0.15, -0.1) is 0 Å². The highest BCUT2D eigenvalue weighted by Crippen LogP contribution is 2.18. The molecule has 1 aliphatic rings. The average Bonchev–Trinajstić information content (AvgIpc) is 2.42. The van der Waals surface area contributed by atoms with Crippen molar-refractivity contribution in [1.82, 2.24) is 15.2 Å². The summed E-state index contributed by atoms with van der Waals surface area (Å²) in [6, 6.07) is 4.26. The van der Waals surface area contributed by atoms with Gasteiger partial charge in [0.2, 0.25) is 5.91 Å². The van der Waals surface area contributed by atoms with Crippen molar-refractivity contribution >= 4 is 5.91 Å². The fourth-order valence-electron chi connectivity index (χ4n) is 2.72. The van der Waals surface area contributed by atoms with Crippen LogP contribution in [0.2, 0.25) is 0 Å². The van der Waals surface area contributed by atoms with Crippen LogP contribution in [0.3, 0.4) is 0 Å². The van der Waals surface area contributed by atoms with Crippen LogP contribution in [0.4, 0.5) is 0 Å². The number of aromatic nitrogens is 1. The third kappa shape index (κ3) is 3.53. The number of hydrogen-bond acceptors (Lipinski definition) is 3. The first-order chi connectivity index (χ1) is 9.22. The fourth-order valence-corrected chi connectivity index (χ4v) is 2.72. The predicted molar refractivity (Wildman–Crippen MR) is 76.0 cm³/mol. The van der Waals surface area contributed by atoms with Gasteiger partial charge in [0.25, 0.3) is 0 Å². The van der Waals surface area contributed by atoms with E-state index in [4.69, 9.17) is 0 Å². The molecule has 1 N–H and O–H groups in total. The highest BCUT2D eigenvalue weighted by Gasteiger charge is 2.26. The van der Waals surface area contributed by atoms with Crippen LogP contribution in [-0.4, -0.2) is 42.0 Å². The second-order valence-electron chi connectivity index (χ2n) is 5.24. The zero-order chi connectivity index (χ0) is 13.7. The summed E-state index contributed by atoms with van der Waals surface area (Å²) in [5, 5.41) is 3.19. The molecule has 1 amide bonds. The van der Waals surface area contributed by atoms with Crippen LogP contribution in [0.5, 0.6) is 0 Å². The molecule has 0 aromatic carbocycles. The Morgan fingerprint density at radius 2 is 2.37 bits per heavy atom. The van der Waals surface area contributed by atoms with Gasteiger partial charge in [0.1, 0.15) is 0 Å². The van der Waals surface area contributed by atoms with Gasteiger partial charge in [0.05, 0.1) is 12.1 Å². The van der Waals surface area contributed by atoms with Crippen molar-refractivity contribution < 1.29 is 4.79 Å². The largest absolute Gasteiger partial charge is 0.338 e. The summed E-state index contributed by atoms with van der Waals surface area (Å²) in [5.74, 6) is 0.210. The van der Waals surface area contributed by atoms with Crippen LogP contribution in [0.25, 0.3) is 0 Å². The lowest BCUT2D eigenvalue weighted by Crippen LogP contribution is -2.48. The standard InChI is InChI=1S/C15H23N3O/c1-12-6-5-8-17-14(12)10-15(19)18-9-4-3-7-13(18)11-16-2/h5-6,8,13,16H,3-4,7,9-11H2,1-2H3. The van der Waals surface area contributed by atoms with Gasteiger partial charge in [-0.25, -0.2) is 0 Å². The van der Waals surface area contributed by atoms with E-state index < -0.39 is 0 Å². The van der Waals surface area contributed by atoms with Gasteiger partial charge in [-0.3, -0.25) is 9.78 Å². The van der Waals surface area contributed by atoms with E-state index in [1.54, 1.807) is 6.20 Å². The van der Waals surface area contributed by atoms with Crippen molar-refractivity contribution in [2.75, 3.05) is 20.1 Å². The smallest absolute Gasteiger partial charge is 0.228 e. The van der Waals surface area contributed by atoms with Crippen LogP contribution in [0.1, 0.15) is 30.5 Å². The molecule has 0 bridgehead atoms. The molecule has 1 fully saturated rings. The monoisotopic (exact) mass is 261 g/mol. The molecule has 104 valence electrons. The second kappa shape index (κ2) is 6.66. The van der Waals surface area contributed by atoms with Gasteiger partial charge in [0.15, 0.2) is 0 Å². The molecule has 0 saturated carbocycles. The number of carbonyl (C=O) groups excluding carboxylic acids is 1. The summed E-state index contributed by atoms with van der Waals surface area (Å²) in [6.07, 6.45) is 5.63. The van der Waals surface area contributed by atoms with E-state index in [9.17, 15) is 4.79 Å². The summed E-state index contributed by atoms with van der Waals surface area (Å²) >= 11 is 0. The molecule has 0 radical (unpaired) electrons. The van der Waals surface area contributed by atoms with Gasteiger partial charge in [-0.2, -0.15) is 0 Å². The first kappa shape index (κ1) is 14.0. The van der Waals surface area contributed by atoms with Crippen molar-refractivity contribution in [3.63, 3.8) is 0 Å². The van der Waals surface area contributed by atoms with Gasteiger partial charge in [-0.1, -0.05) is 6.07 Å². The van der Waals surface area contributed by atoms with Crippen LogP contribution in [-0.2, 0) is 11.2 Å². The summed E-state index contributed by atoms with van der Waals surface area (Å²) in [4.78, 5) is 18.8. The molecule has 1 atom stereocenters. The predicted octanol–water partition coefficient (Wildman–Crippen LogP) is 1.53. The molecule has 1 aliphatic heterocycles. The number of piperidine rings is 1. The van der Waals surface area contributed by atoms with Crippen LogP contribution >= 0.6 is 0 Å². The van der Waals surface area contributed by atoms with Crippen molar-refractivity contribution in [3.8, 4) is 0 Å². The van der Waals surface area contributed by atoms with E-state index >= 15 is 0 Å². The van der Waals surface area contributed by atoms with Crippen molar-refractivity contribution in [3.05, 3.63) is 29.6 Å². The molecule has 1 aromatic heterocycles. The van der Waals surface area contributed by atoms with Gasteiger partial charge in [-0.05, 0) is 44.9 Å². The van der Waals surface area contributed by atoms with Crippen molar-refractivity contribution in [1.29, 1.82) is 0 Å². The molecule has 1 saturated heterocycles. The first-order valence-electron chi connectivity index (χ1n) is 7.07. The highest BCUT2D eigenvalue weighted by atomic mass is 16.2. The third-order valence-electron chi connectivity index (χ3n) is 3.82. The molecule has 2 heterocycles. The highest BCUT2D eigenvalue weighted by molar-refractivity contribution is 5.79. The van der Waals surface area contributed by atoms with Crippen LogP contribution in [0.15, 0.2) is 18.3 Å². The average molecular weight is 261 g/mol. The van der Waals surface area contributed by atoms with E-state index in [-0.39, 0.29) is 5.91 Å². The molecule has 2 rings (SSSR count). The lowest BCUT2D eigenvalue weighted by atomic mass is 10.0. The molecular weight excluding hydrogens is 238 g/mol. The minimum atomic E-state index is 0.210. The number of likely N-dealkylation sites (tertiary alicyclic amines) is 1. The Bertz CT molecular complexity index is 431. The zero-order valence-corrected chi connectivity index (χ0v) is 11.9. The topological polar surface area (TPSA) is 45.2 Å². The summed E-state index contributed by atoms with van der Waals surface area (Å²) in [6.45, 7) is 3.78. The maximum absolute atomic E-state index is 12.5. The Balaban J connectivity index is 2.03. The molecule has 4 heteroatoms. The van der Waals surface area contributed by atoms with E-state index in [1.165, 1.54) is 6.42 Å². The lowest BCUT2D eigenvalue weighted by molar-refractivity contribution is -0.134. The molecule has 0 aliphatic carbocycles. The Labute approximate surface area is 115 Å². The number of rotatable bonds is 4. The number of carbonyl (C=O) groups is 1. The third-order valence-corrected chi connectivity index (χ3v) is 3.82. The Morgan fingerprint density at radius 3 is 3.11 bits per heavy atom. The molecule has 1 aromatic rings. The van der Waals surface area contributed by atoms with Crippen molar-refractivity contribution in [2.24, 2.45) is 0 Å². The molecule has 4 nitrogen and oxygen atoms in total.